The van der Waals surface area contributed by atoms with Gasteiger partial charge in [0.15, 0.2) is 6.61 Å². The number of carbonyl (C=O) groups excluding carboxylic acids is 1. The lowest BCUT2D eigenvalue weighted by atomic mass is 10.2. The first-order valence-electron chi connectivity index (χ1n) is 4.40. The van der Waals surface area contributed by atoms with Crippen molar-refractivity contribution < 1.29 is 9.53 Å². The minimum atomic E-state index is -0.175. The van der Waals surface area contributed by atoms with Crippen LogP contribution < -0.4 is 0 Å². The summed E-state index contributed by atoms with van der Waals surface area (Å²) in [6.07, 6.45) is 1.30. The Kier molecular flexibility index (Phi) is 4.03. The summed E-state index contributed by atoms with van der Waals surface area (Å²) in [6, 6.07) is 9.50. The van der Waals surface area contributed by atoms with Gasteiger partial charge >= 0.3 is 5.97 Å². The van der Waals surface area contributed by atoms with E-state index >= 15 is 0 Å². The predicted octanol–water partition coefficient (Wildman–Crippen LogP) is 2.54. The van der Waals surface area contributed by atoms with E-state index in [9.17, 15) is 4.79 Å². The van der Waals surface area contributed by atoms with Crippen molar-refractivity contribution in [2.45, 2.75) is 19.8 Å². The van der Waals surface area contributed by atoms with Gasteiger partial charge in [-0.3, -0.25) is 4.79 Å². The van der Waals surface area contributed by atoms with Crippen LogP contribution in [-0.2, 0) is 9.53 Å². The Bertz CT molecular complexity index is 254. The van der Waals surface area contributed by atoms with Crippen LogP contribution in [0.5, 0.6) is 0 Å². The fourth-order valence-corrected chi connectivity index (χ4v) is 0.928. The second-order valence-corrected chi connectivity index (χ2v) is 2.77. The third-order valence-corrected chi connectivity index (χ3v) is 1.58. The minimum Gasteiger partial charge on any atom is -0.453 e. The van der Waals surface area contributed by atoms with Gasteiger partial charge < -0.3 is 4.74 Å². The SMILES string of the molecule is CCCC(=O)O[CH]c1ccccc1. The maximum atomic E-state index is 11.0. The van der Waals surface area contributed by atoms with E-state index < -0.39 is 0 Å². The molecule has 0 saturated carbocycles. The van der Waals surface area contributed by atoms with E-state index in [1.54, 1.807) is 0 Å². The van der Waals surface area contributed by atoms with Gasteiger partial charge in [0, 0.05) is 6.42 Å². The number of benzene rings is 1. The van der Waals surface area contributed by atoms with Crippen molar-refractivity contribution >= 4 is 5.97 Å². The average Bonchev–Trinajstić information content (AvgIpc) is 2.17. The molecule has 0 unspecified atom stereocenters. The Morgan fingerprint density at radius 1 is 1.38 bits per heavy atom. The molecular formula is C11H13O2. The third-order valence-electron chi connectivity index (χ3n) is 1.58. The first kappa shape index (κ1) is 9.78. The van der Waals surface area contributed by atoms with Crippen LogP contribution in [-0.4, -0.2) is 5.97 Å². The molecule has 0 fully saturated rings. The molecule has 2 nitrogen and oxygen atoms in total. The minimum absolute atomic E-state index is 0.175. The standard InChI is InChI=1S/C11H13O2/c1-2-6-11(12)13-9-10-7-4-3-5-8-10/h3-5,7-9H,2,6H2,1H3. The van der Waals surface area contributed by atoms with Crippen molar-refractivity contribution in [3.8, 4) is 0 Å². The highest BCUT2D eigenvalue weighted by atomic mass is 16.5. The van der Waals surface area contributed by atoms with Gasteiger partial charge in [-0.15, -0.1) is 0 Å². The van der Waals surface area contributed by atoms with E-state index in [-0.39, 0.29) is 5.97 Å². The molecule has 1 aromatic rings. The summed E-state index contributed by atoms with van der Waals surface area (Å²) in [5, 5.41) is 0. The largest absolute Gasteiger partial charge is 0.453 e. The maximum absolute atomic E-state index is 11.0. The van der Waals surface area contributed by atoms with Gasteiger partial charge in [-0.2, -0.15) is 0 Å². The molecule has 0 aliphatic rings. The van der Waals surface area contributed by atoms with Crippen molar-refractivity contribution in [1.82, 2.24) is 0 Å². The Morgan fingerprint density at radius 3 is 2.69 bits per heavy atom. The number of carbonyl (C=O) groups is 1. The van der Waals surface area contributed by atoms with E-state index in [1.807, 2.05) is 37.3 Å². The van der Waals surface area contributed by atoms with Crippen LogP contribution in [0.1, 0.15) is 25.3 Å². The molecular weight excluding hydrogens is 164 g/mol. The summed E-state index contributed by atoms with van der Waals surface area (Å²) in [5.41, 5.74) is 0.909. The van der Waals surface area contributed by atoms with Gasteiger partial charge in [0.1, 0.15) is 0 Å². The summed E-state index contributed by atoms with van der Waals surface area (Å²) >= 11 is 0. The van der Waals surface area contributed by atoms with Crippen molar-refractivity contribution in [3.63, 3.8) is 0 Å². The molecule has 13 heavy (non-hydrogen) atoms. The van der Waals surface area contributed by atoms with Gasteiger partial charge in [0.2, 0.25) is 0 Å². The monoisotopic (exact) mass is 177 g/mol. The van der Waals surface area contributed by atoms with Crippen molar-refractivity contribution in [1.29, 1.82) is 0 Å². The molecule has 0 spiro atoms. The zero-order valence-corrected chi connectivity index (χ0v) is 7.69. The molecule has 0 atom stereocenters. The molecule has 0 bridgehead atoms. The van der Waals surface area contributed by atoms with E-state index in [4.69, 9.17) is 4.74 Å². The Labute approximate surface area is 78.5 Å². The topological polar surface area (TPSA) is 26.3 Å². The van der Waals surface area contributed by atoms with E-state index in [0.29, 0.717) is 6.42 Å². The lowest BCUT2D eigenvalue weighted by molar-refractivity contribution is -0.139. The van der Waals surface area contributed by atoms with Crippen LogP contribution in [0.3, 0.4) is 0 Å². The summed E-state index contributed by atoms with van der Waals surface area (Å²) < 4.78 is 4.90. The molecule has 0 heterocycles. The average molecular weight is 177 g/mol. The van der Waals surface area contributed by atoms with Gasteiger partial charge in [-0.05, 0) is 12.0 Å². The van der Waals surface area contributed by atoms with Gasteiger partial charge in [-0.25, -0.2) is 0 Å². The van der Waals surface area contributed by atoms with Crippen LogP contribution in [0.15, 0.2) is 30.3 Å². The lowest BCUT2D eigenvalue weighted by Gasteiger charge is -2.01. The quantitative estimate of drug-likeness (QED) is 0.660. The molecule has 0 aromatic heterocycles. The van der Waals surface area contributed by atoms with E-state index in [0.717, 1.165) is 12.0 Å². The smallest absolute Gasteiger partial charge is 0.306 e. The third kappa shape index (κ3) is 3.74. The summed E-state index contributed by atoms with van der Waals surface area (Å²) in [5.74, 6) is -0.175. The maximum Gasteiger partial charge on any atom is 0.306 e. The van der Waals surface area contributed by atoms with Crippen molar-refractivity contribution in [3.05, 3.63) is 42.5 Å². The number of rotatable bonds is 4. The summed E-state index contributed by atoms with van der Waals surface area (Å²) in [4.78, 5) is 11.0. The van der Waals surface area contributed by atoms with Crippen LogP contribution in [0.2, 0.25) is 0 Å². The first-order valence-corrected chi connectivity index (χ1v) is 4.40. The molecule has 0 saturated heterocycles. The van der Waals surface area contributed by atoms with Crippen LogP contribution in [0, 0.1) is 6.61 Å². The molecule has 0 aliphatic carbocycles. The molecule has 1 radical (unpaired) electrons. The molecule has 1 rings (SSSR count). The highest BCUT2D eigenvalue weighted by Crippen LogP contribution is 2.04. The van der Waals surface area contributed by atoms with Gasteiger partial charge in [0.05, 0.1) is 0 Å². The molecule has 0 amide bonds. The normalized spacial score (nSPS) is 9.62. The summed E-state index contributed by atoms with van der Waals surface area (Å²) in [7, 11) is 0. The molecule has 69 valence electrons. The van der Waals surface area contributed by atoms with E-state index in [1.165, 1.54) is 6.61 Å². The van der Waals surface area contributed by atoms with Gasteiger partial charge in [0.25, 0.3) is 0 Å². The molecule has 2 heteroatoms. The van der Waals surface area contributed by atoms with Crippen LogP contribution in [0.25, 0.3) is 0 Å². The number of hydrogen-bond acceptors (Lipinski definition) is 2. The van der Waals surface area contributed by atoms with Crippen LogP contribution in [0.4, 0.5) is 0 Å². The predicted molar refractivity (Wildman–Crippen MR) is 50.8 cm³/mol. The fourth-order valence-electron chi connectivity index (χ4n) is 0.928. The van der Waals surface area contributed by atoms with Crippen LogP contribution >= 0.6 is 0 Å². The molecule has 0 aliphatic heterocycles. The van der Waals surface area contributed by atoms with Crippen molar-refractivity contribution in [2.75, 3.05) is 0 Å². The van der Waals surface area contributed by atoms with Gasteiger partial charge in [-0.1, -0.05) is 37.3 Å². The number of hydrogen-bond donors (Lipinski definition) is 0. The number of esters is 1. The molecule has 1 aromatic carbocycles. The Morgan fingerprint density at radius 2 is 2.08 bits per heavy atom. The van der Waals surface area contributed by atoms with E-state index in [2.05, 4.69) is 0 Å². The Hall–Kier alpha value is -1.31. The number of ether oxygens (including phenoxy) is 1. The Balaban J connectivity index is 2.31. The summed E-state index contributed by atoms with van der Waals surface area (Å²) in [6.45, 7) is 3.43. The highest BCUT2D eigenvalue weighted by molar-refractivity contribution is 5.70. The lowest BCUT2D eigenvalue weighted by Crippen LogP contribution is -2.01. The zero-order chi connectivity index (χ0) is 9.52. The molecule has 0 N–H and O–H groups in total. The first-order chi connectivity index (χ1) is 6.33. The second-order valence-electron chi connectivity index (χ2n) is 2.77. The fraction of sp³-hybridized carbons (Fsp3) is 0.273. The zero-order valence-electron chi connectivity index (χ0n) is 7.69. The highest BCUT2D eigenvalue weighted by Gasteiger charge is 2.00. The second kappa shape index (κ2) is 5.36. The van der Waals surface area contributed by atoms with Crippen molar-refractivity contribution in [2.24, 2.45) is 0 Å².